The van der Waals surface area contributed by atoms with Gasteiger partial charge >= 0.3 is 0 Å². The Labute approximate surface area is 146 Å². The summed E-state index contributed by atoms with van der Waals surface area (Å²) in [7, 11) is 1.58. The van der Waals surface area contributed by atoms with E-state index in [1.54, 1.807) is 19.4 Å². The van der Waals surface area contributed by atoms with Gasteiger partial charge in [-0.3, -0.25) is 9.59 Å². The molecule has 2 aliphatic heterocycles. The standard InChI is InChI=1S/C17H23N5O3/c1-25-14-4-5-18-17(19-14)21-8-6-20(7-9-21)16(24)12-10-15(23)22(11-12)13-2-3-13/h4-5,12-13H,2-3,6-11H2,1H3. The van der Waals surface area contributed by atoms with Gasteiger partial charge in [0.2, 0.25) is 23.6 Å². The highest BCUT2D eigenvalue weighted by Gasteiger charge is 2.43. The summed E-state index contributed by atoms with van der Waals surface area (Å²) in [6, 6.07) is 2.11. The van der Waals surface area contributed by atoms with Gasteiger partial charge in [0.1, 0.15) is 0 Å². The summed E-state index contributed by atoms with van der Waals surface area (Å²) in [6.45, 7) is 3.24. The Balaban J connectivity index is 1.33. The van der Waals surface area contributed by atoms with Crippen LogP contribution in [0.2, 0.25) is 0 Å². The number of anilines is 1. The molecule has 0 bridgehead atoms. The van der Waals surface area contributed by atoms with Crippen LogP contribution in [0.15, 0.2) is 12.3 Å². The molecule has 4 rings (SSSR count). The number of nitrogens with zero attached hydrogens (tertiary/aromatic N) is 5. The van der Waals surface area contributed by atoms with Crippen molar-refractivity contribution in [1.82, 2.24) is 19.8 Å². The van der Waals surface area contributed by atoms with Crippen LogP contribution < -0.4 is 9.64 Å². The number of ether oxygens (including phenoxy) is 1. The van der Waals surface area contributed by atoms with Crippen molar-refractivity contribution >= 4 is 17.8 Å². The van der Waals surface area contributed by atoms with Gasteiger partial charge in [-0.2, -0.15) is 4.98 Å². The highest BCUT2D eigenvalue weighted by Crippen LogP contribution is 2.33. The molecule has 0 aromatic carbocycles. The Morgan fingerprint density at radius 3 is 2.68 bits per heavy atom. The van der Waals surface area contributed by atoms with E-state index >= 15 is 0 Å². The van der Waals surface area contributed by atoms with Crippen molar-refractivity contribution in [2.75, 3.05) is 44.7 Å². The van der Waals surface area contributed by atoms with Gasteiger partial charge in [-0.1, -0.05) is 0 Å². The second kappa shape index (κ2) is 6.50. The molecule has 8 heteroatoms. The van der Waals surface area contributed by atoms with Gasteiger partial charge in [0.05, 0.1) is 13.0 Å². The molecule has 8 nitrogen and oxygen atoms in total. The van der Waals surface area contributed by atoms with Gasteiger partial charge in [-0.25, -0.2) is 4.98 Å². The molecular weight excluding hydrogens is 322 g/mol. The highest BCUT2D eigenvalue weighted by molar-refractivity contribution is 5.89. The fourth-order valence-corrected chi connectivity index (χ4v) is 3.62. The molecule has 1 aromatic rings. The molecule has 0 spiro atoms. The number of rotatable bonds is 4. The molecule has 2 saturated heterocycles. The molecule has 1 unspecified atom stereocenters. The zero-order valence-corrected chi connectivity index (χ0v) is 14.4. The lowest BCUT2D eigenvalue weighted by Crippen LogP contribution is -2.51. The minimum Gasteiger partial charge on any atom is -0.481 e. The highest BCUT2D eigenvalue weighted by atomic mass is 16.5. The van der Waals surface area contributed by atoms with Crippen molar-refractivity contribution in [2.45, 2.75) is 25.3 Å². The Bertz CT molecular complexity index is 670. The fraction of sp³-hybridized carbons (Fsp3) is 0.647. The van der Waals surface area contributed by atoms with Crippen molar-refractivity contribution in [1.29, 1.82) is 0 Å². The van der Waals surface area contributed by atoms with Crippen molar-refractivity contribution in [3.8, 4) is 5.88 Å². The molecule has 3 fully saturated rings. The van der Waals surface area contributed by atoms with E-state index in [1.807, 2.05) is 9.80 Å². The first-order chi connectivity index (χ1) is 12.2. The largest absolute Gasteiger partial charge is 0.481 e. The van der Waals surface area contributed by atoms with Crippen LogP contribution in [0.3, 0.4) is 0 Å². The van der Waals surface area contributed by atoms with Crippen molar-refractivity contribution in [3.63, 3.8) is 0 Å². The fourth-order valence-electron chi connectivity index (χ4n) is 3.62. The molecule has 2 amide bonds. The Hall–Kier alpha value is -2.38. The van der Waals surface area contributed by atoms with Gasteiger partial charge in [0.25, 0.3) is 0 Å². The van der Waals surface area contributed by atoms with E-state index < -0.39 is 0 Å². The van der Waals surface area contributed by atoms with Crippen LogP contribution in [0.4, 0.5) is 5.95 Å². The first-order valence-electron chi connectivity index (χ1n) is 8.86. The molecule has 134 valence electrons. The van der Waals surface area contributed by atoms with E-state index in [-0.39, 0.29) is 17.7 Å². The number of methoxy groups -OCH3 is 1. The topological polar surface area (TPSA) is 78.9 Å². The Kier molecular flexibility index (Phi) is 4.19. The van der Waals surface area contributed by atoms with E-state index in [4.69, 9.17) is 4.74 Å². The summed E-state index contributed by atoms with van der Waals surface area (Å²) < 4.78 is 5.14. The average Bonchev–Trinajstić information content (AvgIpc) is 3.43. The van der Waals surface area contributed by atoms with E-state index in [0.717, 1.165) is 12.8 Å². The summed E-state index contributed by atoms with van der Waals surface area (Å²) in [6.07, 6.45) is 4.22. The third-order valence-corrected chi connectivity index (χ3v) is 5.20. The average molecular weight is 345 g/mol. The van der Waals surface area contributed by atoms with Crippen molar-refractivity contribution < 1.29 is 14.3 Å². The maximum absolute atomic E-state index is 12.8. The molecule has 1 atom stereocenters. The smallest absolute Gasteiger partial charge is 0.228 e. The SMILES string of the molecule is COc1ccnc(N2CCN(C(=O)C3CC(=O)N(C4CC4)C3)CC2)n1. The van der Waals surface area contributed by atoms with Crippen LogP contribution in [0.5, 0.6) is 5.88 Å². The number of hydrogen-bond donors (Lipinski definition) is 0. The number of hydrogen-bond acceptors (Lipinski definition) is 6. The number of carbonyl (C=O) groups is 2. The summed E-state index contributed by atoms with van der Waals surface area (Å²) in [5, 5.41) is 0. The van der Waals surface area contributed by atoms with Crippen LogP contribution in [0, 0.1) is 5.92 Å². The van der Waals surface area contributed by atoms with Gasteiger partial charge < -0.3 is 19.4 Å². The molecule has 0 N–H and O–H groups in total. The molecule has 3 heterocycles. The molecule has 1 aliphatic carbocycles. The van der Waals surface area contributed by atoms with Crippen molar-refractivity contribution in [3.05, 3.63) is 12.3 Å². The molecule has 1 saturated carbocycles. The third-order valence-electron chi connectivity index (χ3n) is 5.20. The predicted molar refractivity (Wildman–Crippen MR) is 90.2 cm³/mol. The normalized spacial score (nSPS) is 24.0. The van der Waals surface area contributed by atoms with E-state index in [9.17, 15) is 9.59 Å². The van der Waals surface area contributed by atoms with E-state index in [1.165, 1.54) is 0 Å². The number of piperazine rings is 1. The zero-order valence-electron chi connectivity index (χ0n) is 14.4. The second-order valence-corrected chi connectivity index (χ2v) is 6.89. The van der Waals surface area contributed by atoms with Crippen LogP contribution >= 0.6 is 0 Å². The summed E-state index contributed by atoms with van der Waals surface area (Å²) in [4.78, 5) is 39.3. The zero-order chi connectivity index (χ0) is 17.4. The van der Waals surface area contributed by atoms with Crippen LogP contribution in [-0.2, 0) is 9.59 Å². The molecule has 1 aromatic heterocycles. The molecule has 3 aliphatic rings. The number of carbonyl (C=O) groups excluding carboxylic acids is 2. The van der Waals surface area contributed by atoms with Gasteiger partial charge in [0.15, 0.2) is 0 Å². The number of amides is 2. The minimum absolute atomic E-state index is 0.114. The molecular formula is C17H23N5O3. The Morgan fingerprint density at radius 1 is 1.24 bits per heavy atom. The third kappa shape index (κ3) is 3.25. The minimum atomic E-state index is -0.173. The van der Waals surface area contributed by atoms with Gasteiger partial charge in [0, 0.05) is 57.4 Å². The van der Waals surface area contributed by atoms with Gasteiger partial charge in [-0.05, 0) is 12.8 Å². The molecule has 25 heavy (non-hydrogen) atoms. The first kappa shape index (κ1) is 16.1. The maximum atomic E-state index is 12.8. The lowest BCUT2D eigenvalue weighted by atomic mass is 10.1. The summed E-state index contributed by atoms with van der Waals surface area (Å²) >= 11 is 0. The lowest BCUT2D eigenvalue weighted by molar-refractivity contribution is -0.136. The lowest BCUT2D eigenvalue weighted by Gasteiger charge is -2.35. The first-order valence-corrected chi connectivity index (χ1v) is 8.86. The van der Waals surface area contributed by atoms with Crippen LogP contribution in [-0.4, -0.2) is 77.5 Å². The quantitative estimate of drug-likeness (QED) is 0.773. The Morgan fingerprint density at radius 2 is 2.00 bits per heavy atom. The maximum Gasteiger partial charge on any atom is 0.228 e. The van der Waals surface area contributed by atoms with Crippen LogP contribution in [0.25, 0.3) is 0 Å². The predicted octanol–water partition coefficient (Wildman–Crippen LogP) is 0.145. The summed E-state index contributed by atoms with van der Waals surface area (Å²) in [5.74, 6) is 1.25. The number of aromatic nitrogens is 2. The van der Waals surface area contributed by atoms with Gasteiger partial charge in [-0.15, -0.1) is 0 Å². The number of likely N-dealkylation sites (tertiary alicyclic amines) is 1. The second-order valence-electron chi connectivity index (χ2n) is 6.89. The van der Waals surface area contributed by atoms with E-state index in [0.29, 0.717) is 57.0 Å². The monoisotopic (exact) mass is 345 g/mol. The van der Waals surface area contributed by atoms with E-state index in [2.05, 4.69) is 14.9 Å². The van der Waals surface area contributed by atoms with Crippen LogP contribution in [0.1, 0.15) is 19.3 Å². The van der Waals surface area contributed by atoms with Crippen molar-refractivity contribution in [2.24, 2.45) is 5.92 Å². The summed E-state index contributed by atoms with van der Waals surface area (Å²) in [5.41, 5.74) is 0. The molecule has 0 radical (unpaired) electrons.